The van der Waals surface area contributed by atoms with Crippen LogP contribution in [0.15, 0.2) is 12.3 Å². The summed E-state index contributed by atoms with van der Waals surface area (Å²) in [6, 6.07) is 1.32. The van der Waals surface area contributed by atoms with Crippen molar-refractivity contribution in [3.8, 4) is 0 Å². The Labute approximate surface area is 105 Å². The minimum Gasteiger partial charge on any atom is -0.459 e. The number of carbonyl (C=O) groups is 1. The molecule has 1 aromatic heterocycles. The molecule has 1 heterocycles. The molecular weight excluding hydrogens is 236 g/mol. The smallest absolute Gasteiger partial charge is 0.311 e. The first-order valence-electron chi connectivity index (χ1n) is 5.49. The van der Waals surface area contributed by atoms with E-state index in [1.807, 2.05) is 0 Å². The topological polar surface area (TPSA) is 82.3 Å². The summed E-state index contributed by atoms with van der Waals surface area (Å²) < 4.78 is 5.08. The molecule has 0 aliphatic rings. The number of aromatic nitrogens is 1. The zero-order chi connectivity index (χ0) is 13.9. The molecule has 6 nitrogen and oxygen atoms in total. The summed E-state index contributed by atoms with van der Waals surface area (Å²) in [5.74, 6) is -0.366. The molecule has 0 fully saturated rings. The molecule has 0 N–H and O–H groups in total. The molecule has 0 spiro atoms. The Morgan fingerprint density at radius 3 is 2.61 bits per heavy atom. The van der Waals surface area contributed by atoms with Crippen LogP contribution in [0.25, 0.3) is 0 Å². The fourth-order valence-electron chi connectivity index (χ4n) is 1.26. The van der Waals surface area contributed by atoms with E-state index in [1.54, 1.807) is 27.7 Å². The lowest BCUT2D eigenvalue weighted by molar-refractivity contribution is -0.385. The minimum absolute atomic E-state index is 0.0215. The van der Waals surface area contributed by atoms with Gasteiger partial charge in [0.25, 0.3) is 5.69 Å². The van der Waals surface area contributed by atoms with E-state index in [9.17, 15) is 14.9 Å². The monoisotopic (exact) mass is 252 g/mol. The van der Waals surface area contributed by atoms with Gasteiger partial charge in [-0.05, 0) is 27.7 Å². The van der Waals surface area contributed by atoms with E-state index in [2.05, 4.69) is 4.98 Å². The lowest BCUT2D eigenvalue weighted by Gasteiger charge is -2.16. The fourth-order valence-corrected chi connectivity index (χ4v) is 1.26. The van der Waals surface area contributed by atoms with Gasteiger partial charge in [-0.2, -0.15) is 0 Å². The fraction of sp³-hybridized carbons (Fsp3) is 0.500. The Bertz CT molecular complexity index is 477. The lowest BCUT2D eigenvalue weighted by Crippen LogP contribution is -2.23. The molecule has 0 bridgehead atoms. The standard InChI is InChI=1S/C12H16N2O4/c1-8-9(7-18-11(15)12(2,3)4)13-6-5-10(8)14(16)17/h5-6H,7H2,1-4H3. The highest BCUT2D eigenvalue weighted by Gasteiger charge is 2.24. The number of rotatable bonds is 3. The number of esters is 1. The summed E-state index contributed by atoms with van der Waals surface area (Å²) in [6.07, 6.45) is 1.34. The summed E-state index contributed by atoms with van der Waals surface area (Å²) in [4.78, 5) is 25.8. The molecule has 0 amide bonds. The van der Waals surface area contributed by atoms with Crippen molar-refractivity contribution in [2.45, 2.75) is 34.3 Å². The van der Waals surface area contributed by atoms with Crippen LogP contribution in [0, 0.1) is 22.5 Å². The zero-order valence-corrected chi connectivity index (χ0v) is 10.9. The highest BCUT2D eigenvalue weighted by Crippen LogP contribution is 2.21. The Morgan fingerprint density at radius 2 is 2.11 bits per heavy atom. The van der Waals surface area contributed by atoms with Crippen LogP contribution in [0.2, 0.25) is 0 Å². The van der Waals surface area contributed by atoms with Gasteiger partial charge in [0, 0.05) is 12.3 Å². The second-order valence-electron chi connectivity index (χ2n) is 4.99. The molecule has 98 valence electrons. The highest BCUT2D eigenvalue weighted by molar-refractivity contribution is 5.75. The van der Waals surface area contributed by atoms with E-state index in [0.29, 0.717) is 11.3 Å². The van der Waals surface area contributed by atoms with E-state index in [0.717, 1.165) is 0 Å². The van der Waals surface area contributed by atoms with Gasteiger partial charge in [-0.25, -0.2) is 0 Å². The Hall–Kier alpha value is -1.98. The van der Waals surface area contributed by atoms with Crippen LogP contribution in [-0.4, -0.2) is 15.9 Å². The van der Waals surface area contributed by atoms with Crippen LogP contribution in [-0.2, 0) is 16.1 Å². The quantitative estimate of drug-likeness (QED) is 0.468. The molecule has 1 rings (SSSR count). The molecule has 0 radical (unpaired) electrons. The number of pyridine rings is 1. The zero-order valence-electron chi connectivity index (χ0n) is 10.9. The third-order valence-corrected chi connectivity index (χ3v) is 2.43. The number of hydrogen-bond donors (Lipinski definition) is 0. The van der Waals surface area contributed by atoms with Crippen molar-refractivity contribution >= 4 is 11.7 Å². The predicted octanol–water partition coefficient (Wildman–Crippen LogP) is 2.39. The maximum Gasteiger partial charge on any atom is 0.311 e. The number of nitro groups is 1. The van der Waals surface area contributed by atoms with E-state index >= 15 is 0 Å². The van der Waals surface area contributed by atoms with Crippen molar-refractivity contribution in [3.05, 3.63) is 33.6 Å². The first kappa shape index (κ1) is 14.1. The molecule has 0 unspecified atom stereocenters. The van der Waals surface area contributed by atoms with Gasteiger partial charge in [0.1, 0.15) is 6.61 Å². The van der Waals surface area contributed by atoms with Crippen molar-refractivity contribution < 1.29 is 14.5 Å². The van der Waals surface area contributed by atoms with Gasteiger partial charge in [0.2, 0.25) is 0 Å². The van der Waals surface area contributed by atoms with Crippen LogP contribution in [0.4, 0.5) is 5.69 Å². The molecule has 0 saturated carbocycles. The molecule has 6 heteroatoms. The van der Waals surface area contributed by atoms with Crippen LogP contribution < -0.4 is 0 Å². The normalized spacial score (nSPS) is 11.1. The van der Waals surface area contributed by atoms with Crippen LogP contribution in [0.1, 0.15) is 32.0 Å². The first-order valence-corrected chi connectivity index (χ1v) is 5.49. The van der Waals surface area contributed by atoms with Crippen molar-refractivity contribution in [2.75, 3.05) is 0 Å². The average Bonchev–Trinajstić information content (AvgIpc) is 2.25. The number of ether oxygens (including phenoxy) is 1. The van der Waals surface area contributed by atoms with E-state index < -0.39 is 10.3 Å². The molecular formula is C12H16N2O4. The first-order chi connectivity index (χ1) is 8.23. The second-order valence-corrected chi connectivity index (χ2v) is 4.99. The van der Waals surface area contributed by atoms with Gasteiger partial charge < -0.3 is 4.74 Å². The molecule has 0 aliphatic heterocycles. The number of hydrogen-bond acceptors (Lipinski definition) is 5. The van der Waals surface area contributed by atoms with Crippen molar-refractivity contribution in [1.29, 1.82) is 0 Å². The van der Waals surface area contributed by atoms with E-state index in [1.165, 1.54) is 12.3 Å². The largest absolute Gasteiger partial charge is 0.459 e. The third kappa shape index (κ3) is 3.26. The summed E-state index contributed by atoms with van der Waals surface area (Å²) in [5.41, 5.74) is 0.201. The Morgan fingerprint density at radius 1 is 1.50 bits per heavy atom. The van der Waals surface area contributed by atoms with Crippen molar-refractivity contribution in [2.24, 2.45) is 5.41 Å². The van der Waals surface area contributed by atoms with Crippen molar-refractivity contribution in [1.82, 2.24) is 4.98 Å². The average molecular weight is 252 g/mol. The van der Waals surface area contributed by atoms with Crippen molar-refractivity contribution in [3.63, 3.8) is 0 Å². The summed E-state index contributed by atoms with van der Waals surface area (Å²) in [5, 5.41) is 10.7. The molecule has 1 aromatic rings. The van der Waals surface area contributed by atoms with Gasteiger partial charge in [-0.15, -0.1) is 0 Å². The SMILES string of the molecule is Cc1c([N+](=O)[O-])ccnc1COC(=O)C(C)(C)C. The Balaban J connectivity index is 2.84. The predicted molar refractivity (Wildman–Crippen MR) is 64.9 cm³/mol. The van der Waals surface area contributed by atoms with Gasteiger partial charge in [-0.1, -0.05) is 0 Å². The maximum atomic E-state index is 11.6. The molecule has 18 heavy (non-hydrogen) atoms. The molecule has 0 aromatic carbocycles. The van der Waals surface area contributed by atoms with Gasteiger partial charge in [-0.3, -0.25) is 19.9 Å². The second kappa shape index (κ2) is 5.12. The van der Waals surface area contributed by atoms with E-state index in [4.69, 9.17) is 4.74 Å². The molecule has 0 aliphatic carbocycles. The highest BCUT2D eigenvalue weighted by atomic mass is 16.6. The lowest BCUT2D eigenvalue weighted by atomic mass is 9.97. The summed E-state index contributed by atoms with van der Waals surface area (Å²) >= 11 is 0. The van der Waals surface area contributed by atoms with Crippen LogP contribution in [0.3, 0.4) is 0 Å². The minimum atomic E-state index is -0.603. The Kier molecular flexibility index (Phi) is 4.00. The van der Waals surface area contributed by atoms with Gasteiger partial charge in [0.05, 0.1) is 21.6 Å². The number of nitrogens with zero attached hydrogens (tertiary/aromatic N) is 2. The van der Waals surface area contributed by atoms with Gasteiger partial charge >= 0.3 is 5.97 Å². The molecule has 0 saturated heterocycles. The molecule has 0 atom stereocenters. The van der Waals surface area contributed by atoms with Crippen LogP contribution in [0.5, 0.6) is 0 Å². The maximum absolute atomic E-state index is 11.6. The van der Waals surface area contributed by atoms with E-state index in [-0.39, 0.29) is 18.3 Å². The summed E-state index contributed by atoms with van der Waals surface area (Å²) in [7, 11) is 0. The third-order valence-electron chi connectivity index (χ3n) is 2.43. The number of carbonyl (C=O) groups excluding carboxylic acids is 1. The summed E-state index contributed by atoms with van der Waals surface area (Å²) in [6.45, 7) is 6.75. The van der Waals surface area contributed by atoms with Crippen LogP contribution >= 0.6 is 0 Å². The van der Waals surface area contributed by atoms with Gasteiger partial charge in [0.15, 0.2) is 0 Å².